The Hall–Kier alpha value is -0.870. The van der Waals surface area contributed by atoms with Gasteiger partial charge in [0.2, 0.25) is 0 Å². The predicted octanol–water partition coefficient (Wildman–Crippen LogP) is 1.28. The standard InChI is InChI=1S/C13H23N3O/c1-13(2,3)12-10(7-15(4)14-12)8-16-6-5-11(17)9-16/h7,11,17H,5-6,8-9H2,1-4H3/t11-/m1/s1. The van der Waals surface area contributed by atoms with E-state index in [0.717, 1.165) is 26.1 Å². The van der Waals surface area contributed by atoms with Crippen LogP contribution in [0.25, 0.3) is 0 Å². The number of aryl methyl sites for hydroxylation is 1. The van der Waals surface area contributed by atoms with E-state index in [4.69, 9.17) is 0 Å². The molecule has 2 heterocycles. The van der Waals surface area contributed by atoms with Gasteiger partial charge in [-0.3, -0.25) is 9.58 Å². The minimum Gasteiger partial charge on any atom is -0.392 e. The molecule has 17 heavy (non-hydrogen) atoms. The van der Waals surface area contributed by atoms with Gasteiger partial charge in [0.25, 0.3) is 0 Å². The van der Waals surface area contributed by atoms with Gasteiger partial charge in [0.15, 0.2) is 0 Å². The Morgan fingerprint density at radius 2 is 2.18 bits per heavy atom. The largest absolute Gasteiger partial charge is 0.392 e. The molecular formula is C13H23N3O. The van der Waals surface area contributed by atoms with Crippen LogP contribution in [0.15, 0.2) is 6.20 Å². The molecule has 0 aliphatic carbocycles. The molecule has 0 bridgehead atoms. The summed E-state index contributed by atoms with van der Waals surface area (Å²) >= 11 is 0. The minimum atomic E-state index is -0.148. The van der Waals surface area contributed by atoms with Gasteiger partial charge in [-0.25, -0.2) is 0 Å². The minimum absolute atomic E-state index is 0.0783. The van der Waals surface area contributed by atoms with Crippen molar-refractivity contribution in [1.82, 2.24) is 14.7 Å². The van der Waals surface area contributed by atoms with Crippen LogP contribution in [0.2, 0.25) is 0 Å². The van der Waals surface area contributed by atoms with E-state index >= 15 is 0 Å². The molecule has 0 amide bonds. The van der Waals surface area contributed by atoms with E-state index in [9.17, 15) is 5.11 Å². The van der Waals surface area contributed by atoms with Gasteiger partial charge in [0, 0.05) is 43.9 Å². The molecule has 96 valence electrons. The summed E-state index contributed by atoms with van der Waals surface area (Å²) in [5.41, 5.74) is 2.53. The lowest BCUT2D eigenvalue weighted by Gasteiger charge is -2.20. The van der Waals surface area contributed by atoms with Crippen molar-refractivity contribution in [3.05, 3.63) is 17.5 Å². The second kappa shape index (κ2) is 4.42. The van der Waals surface area contributed by atoms with E-state index in [1.54, 1.807) is 0 Å². The quantitative estimate of drug-likeness (QED) is 0.842. The number of hydrogen-bond acceptors (Lipinski definition) is 3. The fourth-order valence-electron chi connectivity index (χ4n) is 2.48. The van der Waals surface area contributed by atoms with Crippen LogP contribution >= 0.6 is 0 Å². The number of hydrogen-bond donors (Lipinski definition) is 1. The number of rotatable bonds is 2. The summed E-state index contributed by atoms with van der Waals surface area (Å²) in [7, 11) is 1.97. The number of nitrogens with zero attached hydrogens (tertiary/aromatic N) is 3. The van der Waals surface area contributed by atoms with Crippen molar-refractivity contribution in [2.75, 3.05) is 13.1 Å². The molecule has 1 aromatic heterocycles. The van der Waals surface area contributed by atoms with Gasteiger partial charge < -0.3 is 5.11 Å². The highest BCUT2D eigenvalue weighted by molar-refractivity contribution is 5.24. The first-order valence-corrected chi connectivity index (χ1v) is 6.29. The maximum atomic E-state index is 9.55. The summed E-state index contributed by atoms with van der Waals surface area (Å²) in [5, 5.41) is 14.1. The van der Waals surface area contributed by atoms with Crippen LogP contribution in [0.1, 0.15) is 38.4 Å². The summed E-state index contributed by atoms with van der Waals surface area (Å²) in [4.78, 5) is 2.30. The Morgan fingerprint density at radius 1 is 1.47 bits per heavy atom. The molecule has 1 fully saturated rings. The molecule has 2 rings (SSSR count). The zero-order chi connectivity index (χ0) is 12.6. The van der Waals surface area contributed by atoms with Crippen molar-refractivity contribution < 1.29 is 5.11 Å². The molecule has 1 aliphatic heterocycles. The van der Waals surface area contributed by atoms with Crippen LogP contribution in [0, 0.1) is 0 Å². The van der Waals surface area contributed by atoms with E-state index < -0.39 is 0 Å². The lowest BCUT2D eigenvalue weighted by atomic mass is 9.89. The maximum Gasteiger partial charge on any atom is 0.0722 e. The van der Waals surface area contributed by atoms with Gasteiger partial charge in [-0.1, -0.05) is 20.8 Å². The Labute approximate surface area is 103 Å². The highest BCUT2D eigenvalue weighted by atomic mass is 16.3. The zero-order valence-electron chi connectivity index (χ0n) is 11.3. The average Bonchev–Trinajstić information content (AvgIpc) is 2.72. The van der Waals surface area contributed by atoms with Crippen LogP contribution < -0.4 is 0 Å². The second-order valence-corrected chi connectivity index (χ2v) is 6.10. The summed E-state index contributed by atoms with van der Waals surface area (Å²) < 4.78 is 1.89. The van der Waals surface area contributed by atoms with Crippen molar-refractivity contribution in [2.45, 2.75) is 45.3 Å². The summed E-state index contributed by atoms with van der Waals surface area (Å²) in [5.74, 6) is 0. The molecule has 1 atom stereocenters. The number of likely N-dealkylation sites (tertiary alicyclic amines) is 1. The molecule has 4 heteroatoms. The summed E-state index contributed by atoms with van der Waals surface area (Å²) in [6.45, 7) is 9.25. The highest BCUT2D eigenvalue weighted by Crippen LogP contribution is 2.26. The highest BCUT2D eigenvalue weighted by Gasteiger charge is 2.25. The van der Waals surface area contributed by atoms with Crippen molar-refractivity contribution in [2.24, 2.45) is 7.05 Å². The SMILES string of the molecule is Cn1cc(CN2CC[C@@H](O)C2)c(C(C)(C)C)n1. The molecule has 0 aromatic carbocycles. The monoisotopic (exact) mass is 237 g/mol. The summed E-state index contributed by atoms with van der Waals surface area (Å²) in [6, 6.07) is 0. The van der Waals surface area contributed by atoms with Crippen LogP contribution in [-0.4, -0.2) is 39.0 Å². The second-order valence-electron chi connectivity index (χ2n) is 6.10. The Bertz CT molecular complexity index is 392. The van der Waals surface area contributed by atoms with Gasteiger partial charge in [-0.05, 0) is 6.42 Å². The first-order valence-electron chi connectivity index (χ1n) is 6.29. The number of β-amino-alcohol motifs (C(OH)–C–C–N with tert-alkyl or cyclic N) is 1. The van der Waals surface area contributed by atoms with Crippen LogP contribution in [0.4, 0.5) is 0 Å². The average molecular weight is 237 g/mol. The Kier molecular flexibility index (Phi) is 3.27. The van der Waals surface area contributed by atoms with Gasteiger partial charge in [0.05, 0.1) is 11.8 Å². The molecule has 4 nitrogen and oxygen atoms in total. The molecule has 1 saturated heterocycles. The third-order valence-electron chi connectivity index (χ3n) is 3.26. The number of aliphatic hydroxyl groups is 1. The first-order chi connectivity index (χ1) is 7.86. The molecule has 1 N–H and O–H groups in total. The van der Waals surface area contributed by atoms with Crippen LogP contribution in [-0.2, 0) is 19.0 Å². The lowest BCUT2D eigenvalue weighted by Crippen LogP contribution is -2.23. The molecule has 1 aromatic rings. The molecule has 1 aliphatic rings. The van der Waals surface area contributed by atoms with Crippen LogP contribution in [0.5, 0.6) is 0 Å². The zero-order valence-corrected chi connectivity index (χ0v) is 11.3. The number of aromatic nitrogens is 2. The predicted molar refractivity (Wildman–Crippen MR) is 67.8 cm³/mol. The van der Waals surface area contributed by atoms with Crippen LogP contribution in [0.3, 0.4) is 0 Å². The first kappa shape index (κ1) is 12.6. The van der Waals surface area contributed by atoms with Gasteiger partial charge in [-0.15, -0.1) is 0 Å². The van der Waals surface area contributed by atoms with E-state index in [1.165, 1.54) is 11.3 Å². The smallest absolute Gasteiger partial charge is 0.0722 e. The fraction of sp³-hybridized carbons (Fsp3) is 0.769. The molecule has 0 radical (unpaired) electrons. The van der Waals surface area contributed by atoms with Gasteiger partial charge in [-0.2, -0.15) is 5.10 Å². The third kappa shape index (κ3) is 2.87. The number of aliphatic hydroxyl groups excluding tert-OH is 1. The van der Waals surface area contributed by atoms with E-state index in [-0.39, 0.29) is 11.5 Å². The van der Waals surface area contributed by atoms with E-state index in [2.05, 4.69) is 37.0 Å². The molecule has 0 unspecified atom stereocenters. The lowest BCUT2D eigenvalue weighted by molar-refractivity contribution is 0.174. The van der Waals surface area contributed by atoms with Crippen molar-refractivity contribution in [1.29, 1.82) is 0 Å². The van der Waals surface area contributed by atoms with Gasteiger partial charge in [0.1, 0.15) is 0 Å². The van der Waals surface area contributed by atoms with E-state index in [0.29, 0.717) is 0 Å². The van der Waals surface area contributed by atoms with Gasteiger partial charge >= 0.3 is 0 Å². The van der Waals surface area contributed by atoms with Crippen molar-refractivity contribution >= 4 is 0 Å². The van der Waals surface area contributed by atoms with Crippen molar-refractivity contribution in [3.63, 3.8) is 0 Å². The molecule has 0 saturated carbocycles. The van der Waals surface area contributed by atoms with Crippen molar-refractivity contribution in [3.8, 4) is 0 Å². The Morgan fingerprint density at radius 3 is 2.71 bits per heavy atom. The summed E-state index contributed by atoms with van der Waals surface area (Å²) in [6.07, 6.45) is 2.85. The Balaban J connectivity index is 2.15. The van der Waals surface area contributed by atoms with E-state index in [1.807, 2.05) is 11.7 Å². The topological polar surface area (TPSA) is 41.3 Å². The normalized spacial score (nSPS) is 22.3. The maximum absolute atomic E-state index is 9.55. The fourth-order valence-corrected chi connectivity index (χ4v) is 2.48. The molecular weight excluding hydrogens is 214 g/mol. The third-order valence-corrected chi connectivity index (χ3v) is 3.26. The molecule has 0 spiro atoms.